The van der Waals surface area contributed by atoms with Crippen LogP contribution in [-0.2, 0) is 9.53 Å². The minimum Gasteiger partial charge on any atom is -0.385 e. The molecule has 20 heavy (non-hydrogen) atoms. The van der Waals surface area contributed by atoms with Crippen molar-refractivity contribution >= 4 is 33.1 Å². The van der Waals surface area contributed by atoms with Gasteiger partial charge in [0.25, 0.3) is 0 Å². The Kier molecular flexibility index (Phi) is 5.05. The Hall–Kier alpha value is -1.50. The highest BCUT2D eigenvalue weighted by molar-refractivity contribution is 7.18. The fourth-order valence-corrected chi connectivity index (χ4v) is 2.80. The van der Waals surface area contributed by atoms with E-state index in [1.165, 1.54) is 0 Å². The molecule has 0 aliphatic carbocycles. The van der Waals surface area contributed by atoms with Gasteiger partial charge in [-0.15, -0.1) is 11.3 Å². The quantitative estimate of drug-likeness (QED) is 0.801. The van der Waals surface area contributed by atoms with E-state index in [9.17, 15) is 4.79 Å². The summed E-state index contributed by atoms with van der Waals surface area (Å²) in [4.78, 5) is 16.3. The largest absolute Gasteiger partial charge is 0.385 e. The molecule has 0 fully saturated rings. The number of aromatic nitrogens is 1. The summed E-state index contributed by atoms with van der Waals surface area (Å²) < 4.78 is 6.01. The molecular formula is C14H19N3O2S. The molecule has 6 heteroatoms. The lowest BCUT2D eigenvalue weighted by atomic mass is 10.1. The van der Waals surface area contributed by atoms with E-state index in [1.54, 1.807) is 18.4 Å². The van der Waals surface area contributed by atoms with E-state index in [0.717, 1.165) is 27.3 Å². The van der Waals surface area contributed by atoms with Gasteiger partial charge < -0.3 is 15.8 Å². The molecule has 1 unspecified atom stereocenters. The molecule has 0 saturated heterocycles. The van der Waals surface area contributed by atoms with Crippen molar-refractivity contribution < 1.29 is 9.53 Å². The fraction of sp³-hybridized carbons (Fsp3) is 0.429. The first-order chi connectivity index (χ1) is 9.60. The molecule has 0 radical (unpaired) electrons. The van der Waals surface area contributed by atoms with Crippen LogP contribution >= 0.6 is 11.3 Å². The second-order valence-electron chi connectivity index (χ2n) is 4.65. The molecule has 5 nitrogen and oxygen atoms in total. The van der Waals surface area contributed by atoms with Gasteiger partial charge in [0.05, 0.1) is 21.3 Å². The summed E-state index contributed by atoms with van der Waals surface area (Å²) in [6, 6.07) is 5.18. The fourth-order valence-electron chi connectivity index (χ4n) is 1.93. The normalized spacial score (nSPS) is 12.6. The average Bonchev–Trinajstić information content (AvgIpc) is 2.78. The number of hydrogen-bond donors (Lipinski definition) is 2. The third-order valence-electron chi connectivity index (χ3n) is 2.96. The number of anilines is 1. The van der Waals surface area contributed by atoms with E-state index in [-0.39, 0.29) is 5.91 Å². The summed E-state index contributed by atoms with van der Waals surface area (Å²) in [6.07, 6.45) is 1.39. The third kappa shape index (κ3) is 3.75. The highest BCUT2D eigenvalue weighted by Gasteiger charge is 2.13. The van der Waals surface area contributed by atoms with Crippen LogP contribution in [0.3, 0.4) is 0 Å². The lowest BCUT2D eigenvalue weighted by Gasteiger charge is -2.11. The van der Waals surface area contributed by atoms with Gasteiger partial charge in [-0.2, -0.15) is 0 Å². The lowest BCUT2D eigenvalue weighted by Crippen LogP contribution is -2.35. The summed E-state index contributed by atoms with van der Waals surface area (Å²) in [5, 5.41) is 3.86. The van der Waals surface area contributed by atoms with Gasteiger partial charge in [0.15, 0.2) is 0 Å². The lowest BCUT2D eigenvalue weighted by molar-refractivity contribution is -0.117. The summed E-state index contributed by atoms with van der Waals surface area (Å²) in [5.74, 6) is -0.165. The molecule has 1 aromatic heterocycles. The van der Waals surface area contributed by atoms with Crippen LogP contribution in [-0.4, -0.2) is 30.6 Å². The molecule has 2 aromatic rings. The third-order valence-corrected chi connectivity index (χ3v) is 3.90. The average molecular weight is 293 g/mol. The maximum absolute atomic E-state index is 12.0. The minimum absolute atomic E-state index is 0.165. The van der Waals surface area contributed by atoms with Crippen LogP contribution in [0.1, 0.15) is 17.8 Å². The zero-order valence-electron chi connectivity index (χ0n) is 11.7. The van der Waals surface area contributed by atoms with Crippen molar-refractivity contribution in [1.29, 1.82) is 0 Å². The summed E-state index contributed by atoms with van der Waals surface area (Å²) in [7, 11) is 1.64. The number of thiazole rings is 1. The van der Waals surface area contributed by atoms with E-state index in [1.807, 2.05) is 25.1 Å². The van der Waals surface area contributed by atoms with Gasteiger partial charge in [-0.25, -0.2) is 4.98 Å². The maximum Gasteiger partial charge on any atom is 0.241 e. The number of benzene rings is 1. The van der Waals surface area contributed by atoms with E-state index in [2.05, 4.69) is 10.3 Å². The Morgan fingerprint density at radius 2 is 2.35 bits per heavy atom. The first-order valence-corrected chi connectivity index (χ1v) is 7.34. The van der Waals surface area contributed by atoms with E-state index in [4.69, 9.17) is 10.5 Å². The van der Waals surface area contributed by atoms with Crippen molar-refractivity contribution in [3.05, 3.63) is 23.2 Å². The zero-order valence-corrected chi connectivity index (χ0v) is 12.5. The van der Waals surface area contributed by atoms with E-state index < -0.39 is 6.04 Å². The van der Waals surface area contributed by atoms with Crippen LogP contribution in [0.25, 0.3) is 10.2 Å². The van der Waals surface area contributed by atoms with Gasteiger partial charge in [0.1, 0.15) is 0 Å². The van der Waals surface area contributed by atoms with Crippen molar-refractivity contribution in [2.24, 2.45) is 5.73 Å². The molecule has 0 spiro atoms. The molecule has 1 heterocycles. The number of rotatable bonds is 6. The number of nitrogens with zero attached hydrogens (tertiary/aromatic N) is 1. The van der Waals surface area contributed by atoms with Crippen LogP contribution in [0, 0.1) is 6.92 Å². The Balaban J connectivity index is 1.98. The molecule has 0 saturated carbocycles. The number of ether oxygens (including phenoxy) is 1. The molecule has 108 valence electrons. The molecule has 0 bridgehead atoms. The smallest absolute Gasteiger partial charge is 0.241 e. The Bertz CT molecular complexity index is 597. The number of nitrogens with two attached hydrogens (primary N) is 1. The number of aryl methyl sites for hydroxylation is 1. The standard InChI is InChI=1S/C14H19N3O2S/c1-9-16-12-6-5-10(8-13(12)20-9)17-14(18)11(15)4-3-7-19-2/h5-6,8,11H,3-4,7,15H2,1-2H3,(H,17,18). The molecule has 0 aliphatic heterocycles. The predicted octanol–water partition coefficient (Wildman–Crippen LogP) is 2.30. The molecule has 2 rings (SSSR count). The monoisotopic (exact) mass is 293 g/mol. The van der Waals surface area contributed by atoms with Crippen molar-refractivity contribution in [1.82, 2.24) is 4.98 Å². The molecule has 0 aliphatic rings. The van der Waals surface area contributed by atoms with Crippen LogP contribution < -0.4 is 11.1 Å². The highest BCUT2D eigenvalue weighted by atomic mass is 32.1. The van der Waals surface area contributed by atoms with Crippen molar-refractivity contribution in [2.75, 3.05) is 19.0 Å². The Labute approximate surface area is 122 Å². The SMILES string of the molecule is COCCCC(N)C(=O)Nc1ccc2nc(C)sc2c1. The summed E-state index contributed by atoms with van der Waals surface area (Å²) >= 11 is 1.61. The first-order valence-electron chi connectivity index (χ1n) is 6.52. The van der Waals surface area contributed by atoms with Crippen molar-refractivity contribution in [3.63, 3.8) is 0 Å². The number of amides is 1. The molecule has 1 amide bonds. The van der Waals surface area contributed by atoms with Crippen molar-refractivity contribution in [2.45, 2.75) is 25.8 Å². The maximum atomic E-state index is 12.0. The number of carbonyl (C=O) groups is 1. The van der Waals surface area contributed by atoms with Gasteiger partial charge in [0, 0.05) is 19.4 Å². The number of fused-ring (bicyclic) bond motifs is 1. The van der Waals surface area contributed by atoms with Gasteiger partial charge in [-0.3, -0.25) is 4.79 Å². The van der Waals surface area contributed by atoms with Gasteiger partial charge in [-0.05, 0) is 38.0 Å². The topological polar surface area (TPSA) is 77.2 Å². The van der Waals surface area contributed by atoms with Crippen LogP contribution in [0.15, 0.2) is 18.2 Å². The summed E-state index contributed by atoms with van der Waals surface area (Å²) in [5.41, 5.74) is 7.56. The number of nitrogens with one attached hydrogen (secondary N) is 1. The van der Waals surface area contributed by atoms with Crippen LogP contribution in [0.4, 0.5) is 5.69 Å². The van der Waals surface area contributed by atoms with Gasteiger partial charge in [-0.1, -0.05) is 0 Å². The van der Waals surface area contributed by atoms with Crippen molar-refractivity contribution in [3.8, 4) is 0 Å². The second-order valence-corrected chi connectivity index (χ2v) is 5.88. The van der Waals surface area contributed by atoms with Crippen LogP contribution in [0.5, 0.6) is 0 Å². The number of carbonyl (C=O) groups excluding carboxylic acids is 1. The Morgan fingerprint density at radius 1 is 1.55 bits per heavy atom. The van der Waals surface area contributed by atoms with Gasteiger partial charge >= 0.3 is 0 Å². The second kappa shape index (κ2) is 6.78. The highest BCUT2D eigenvalue weighted by Crippen LogP contribution is 2.24. The zero-order chi connectivity index (χ0) is 14.5. The van der Waals surface area contributed by atoms with Crippen LogP contribution in [0.2, 0.25) is 0 Å². The Morgan fingerprint density at radius 3 is 3.10 bits per heavy atom. The summed E-state index contributed by atoms with van der Waals surface area (Å²) in [6.45, 7) is 2.59. The molecule has 1 atom stereocenters. The van der Waals surface area contributed by atoms with Gasteiger partial charge in [0.2, 0.25) is 5.91 Å². The number of hydrogen-bond acceptors (Lipinski definition) is 5. The minimum atomic E-state index is -0.510. The predicted molar refractivity (Wildman–Crippen MR) is 82.1 cm³/mol. The molecular weight excluding hydrogens is 274 g/mol. The van der Waals surface area contributed by atoms with E-state index in [0.29, 0.717) is 13.0 Å². The molecule has 3 N–H and O–H groups in total. The number of methoxy groups -OCH3 is 1. The first kappa shape index (κ1) is 14.9. The molecule has 1 aromatic carbocycles. The van der Waals surface area contributed by atoms with E-state index >= 15 is 0 Å².